The second kappa shape index (κ2) is 15.2. The van der Waals surface area contributed by atoms with Crippen molar-refractivity contribution in [2.45, 2.75) is 26.4 Å². The molecule has 7 nitrogen and oxygen atoms in total. The van der Waals surface area contributed by atoms with Crippen LogP contribution < -0.4 is 24.4 Å². The Balaban J connectivity index is 1.30. The molecule has 1 heterocycles. The van der Waals surface area contributed by atoms with Crippen LogP contribution in [-0.2, 0) is 26.4 Å². The fourth-order valence-corrected chi connectivity index (χ4v) is 5.48. The molecule has 0 saturated heterocycles. The van der Waals surface area contributed by atoms with Crippen LogP contribution in [-0.4, -0.2) is 5.11 Å². The van der Waals surface area contributed by atoms with Crippen molar-refractivity contribution < 1.29 is 28.5 Å². The highest BCUT2D eigenvalue weighted by atomic mass is 16.5. The van der Waals surface area contributed by atoms with Crippen LogP contribution in [0.15, 0.2) is 161 Å². The van der Waals surface area contributed by atoms with Gasteiger partial charge in [0, 0.05) is 17.7 Å². The van der Waals surface area contributed by atoms with Gasteiger partial charge < -0.3 is 28.5 Å². The molecule has 0 amide bonds. The van der Waals surface area contributed by atoms with Gasteiger partial charge in [0.15, 0.2) is 17.3 Å². The Morgan fingerprint density at radius 2 is 0.980 bits per heavy atom. The predicted octanol–water partition coefficient (Wildman–Crippen LogP) is 9.48. The first-order valence-electron chi connectivity index (χ1n) is 16.3. The van der Waals surface area contributed by atoms with Crippen LogP contribution in [0.25, 0.3) is 22.3 Å². The summed E-state index contributed by atoms with van der Waals surface area (Å²) in [5.41, 5.74) is 4.01. The molecule has 248 valence electrons. The van der Waals surface area contributed by atoms with Gasteiger partial charge in [0.05, 0.1) is 0 Å². The average molecular weight is 663 g/mol. The van der Waals surface area contributed by atoms with Crippen molar-refractivity contribution in [2.75, 3.05) is 0 Å². The molecule has 1 N–H and O–H groups in total. The third-order valence-electron chi connectivity index (χ3n) is 8.06. The van der Waals surface area contributed by atoms with Gasteiger partial charge in [-0.1, -0.05) is 121 Å². The molecule has 0 aliphatic heterocycles. The molecule has 0 aliphatic rings. The quantitative estimate of drug-likeness (QED) is 0.132. The minimum atomic E-state index is -0.418. The van der Waals surface area contributed by atoms with Crippen LogP contribution in [0.4, 0.5) is 0 Å². The summed E-state index contributed by atoms with van der Waals surface area (Å²) in [4.78, 5) is 14.5. The number of phenolic OH excluding ortho intramolecular Hbond substituents is 1. The summed E-state index contributed by atoms with van der Waals surface area (Å²) >= 11 is 0. The van der Waals surface area contributed by atoms with Crippen molar-refractivity contribution >= 4 is 11.0 Å². The fraction of sp³-hybridized carbons (Fsp3) is 0.0930. The lowest BCUT2D eigenvalue weighted by Crippen LogP contribution is -2.12. The second-order valence-corrected chi connectivity index (χ2v) is 11.7. The fourth-order valence-electron chi connectivity index (χ4n) is 5.48. The molecule has 0 saturated carbocycles. The molecule has 0 atom stereocenters. The Hall–Kier alpha value is -6.47. The van der Waals surface area contributed by atoms with E-state index in [1.165, 1.54) is 6.07 Å². The lowest BCUT2D eigenvalue weighted by Gasteiger charge is -2.16. The van der Waals surface area contributed by atoms with E-state index in [0.717, 1.165) is 22.3 Å². The normalized spacial score (nSPS) is 10.9. The van der Waals surface area contributed by atoms with Gasteiger partial charge in [0.25, 0.3) is 0 Å². The van der Waals surface area contributed by atoms with Crippen LogP contribution in [0.3, 0.4) is 0 Å². The van der Waals surface area contributed by atoms with Crippen molar-refractivity contribution in [1.82, 2.24) is 0 Å². The van der Waals surface area contributed by atoms with E-state index in [-0.39, 0.29) is 48.0 Å². The maximum atomic E-state index is 14.5. The average Bonchev–Trinajstić information content (AvgIpc) is 3.16. The van der Waals surface area contributed by atoms with E-state index >= 15 is 0 Å². The molecule has 6 aromatic carbocycles. The minimum absolute atomic E-state index is 0.0128. The molecule has 0 radical (unpaired) electrons. The number of fused-ring (bicyclic) bond motifs is 1. The molecule has 7 aromatic rings. The number of hydrogen-bond donors (Lipinski definition) is 1. The highest BCUT2D eigenvalue weighted by molar-refractivity contribution is 5.89. The maximum absolute atomic E-state index is 14.5. The van der Waals surface area contributed by atoms with Crippen LogP contribution in [0.2, 0.25) is 0 Å². The summed E-state index contributed by atoms with van der Waals surface area (Å²) in [5.74, 6) is 1.08. The van der Waals surface area contributed by atoms with Gasteiger partial charge in [-0.05, 0) is 40.5 Å². The summed E-state index contributed by atoms with van der Waals surface area (Å²) < 4.78 is 31.1. The Morgan fingerprint density at radius 3 is 1.50 bits per heavy atom. The van der Waals surface area contributed by atoms with Crippen molar-refractivity contribution in [3.63, 3.8) is 0 Å². The Labute approximate surface area is 289 Å². The van der Waals surface area contributed by atoms with Gasteiger partial charge in [0.1, 0.15) is 48.9 Å². The minimum Gasteiger partial charge on any atom is -0.504 e. The van der Waals surface area contributed by atoms with Crippen molar-refractivity contribution in [2.24, 2.45) is 0 Å². The first-order valence-corrected chi connectivity index (χ1v) is 16.3. The molecule has 7 heteroatoms. The van der Waals surface area contributed by atoms with Gasteiger partial charge in [-0.2, -0.15) is 0 Å². The molecule has 0 fully saturated rings. The summed E-state index contributed by atoms with van der Waals surface area (Å²) in [7, 11) is 0. The van der Waals surface area contributed by atoms with Gasteiger partial charge in [0.2, 0.25) is 11.2 Å². The molecule has 50 heavy (non-hydrogen) atoms. The van der Waals surface area contributed by atoms with Crippen LogP contribution >= 0.6 is 0 Å². The second-order valence-electron chi connectivity index (χ2n) is 11.7. The lowest BCUT2D eigenvalue weighted by atomic mass is 10.1. The number of rotatable bonds is 13. The highest BCUT2D eigenvalue weighted by Crippen LogP contribution is 2.40. The molecule has 0 aliphatic carbocycles. The van der Waals surface area contributed by atoms with Gasteiger partial charge >= 0.3 is 0 Å². The van der Waals surface area contributed by atoms with Crippen LogP contribution in [0.5, 0.6) is 28.7 Å². The van der Waals surface area contributed by atoms with Gasteiger partial charge in [-0.25, -0.2) is 0 Å². The summed E-state index contributed by atoms with van der Waals surface area (Å²) in [6, 6.07) is 47.0. The van der Waals surface area contributed by atoms with Gasteiger partial charge in [-0.3, -0.25) is 4.79 Å². The number of phenols is 1. The van der Waals surface area contributed by atoms with Crippen LogP contribution in [0, 0.1) is 0 Å². The molecule has 7 rings (SSSR count). The van der Waals surface area contributed by atoms with Crippen LogP contribution in [0.1, 0.15) is 22.3 Å². The summed E-state index contributed by atoms with van der Waals surface area (Å²) in [5, 5.41) is 11.2. The molecule has 0 bridgehead atoms. The van der Waals surface area contributed by atoms with E-state index in [4.69, 9.17) is 23.4 Å². The Bertz CT molecular complexity index is 2230. The zero-order valence-electron chi connectivity index (χ0n) is 27.2. The lowest BCUT2D eigenvalue weighted by molar-refractivity contribution is 0.287. The van der Waals surface area contributed by atoms with Crippen molar-refractivity contribution in [3.05, 3.63) is 184 Å². The smallest absolute Gasteiger partial charge is 0.239 e. The molecule has 1 aromatic heterocycles. The van der Waals surface area contributed by atoms with Crippen molar-refractivity contribution in [1.29, 1.82) is 0 Å². The zero-order chi connectivity index (χ0) is 34.1. The predicted molar refractivity (Wildman–Crippen MR) is 193 cm³/mol. The standard InChI is InChI=1S/C43H34O7/c44-36-23-34(21-22-37(36)47-27-31-15-7-2-8-16-31)42-43(49-29-33-19-11-4-12-20-33)41(45)40-38(48-28-32-17-9-3-10-18-32)24-35(25-39(40)50-42)46-26-30-13-5-1-6-14-30/h1-25,44H,26-29H2. The summed E-state index contributed by atoms with van der Waals surface area (Å²) in [6.07, 6.45) is 0. The largest absolute Gasteiger partial charge is 0.504 e. The van der Waals surface area contributed by atoms with Gasteiger partial charge in [-0.15, -0.1) is 0 Å². The molecular formula is C43H34O7. The number of benzene rings is 6. The number of hydrogen-bond acceptors (Lipinski definition) is 7. The topological polar surface area (TPSA) is 87.4 Å². The molecule has 0 unspecified atom stereocenters. The van der Waals surface area contributed by atoms with E-state index in [1.807, 2.05) is 121 Å². The van der Waals surface area contributed by atoms with E-state index in [2.05, 4.69) is 0 Å². The molecular weight excluding hydrogens is 628 g/mol. The summed E-state index contributed by atoms with van der Waals surface area (Å²) in [6.45, 7) is 0.921. The first kappa shape index (κ1) is 32.1. The Kier molecular flexibility index (Phi) is 9.74. The molecule has 0 spiro atoms. The van der Waals surface area contributed by atoms with E-state index in [1.54, 1.807) is 24.3 Å². The maximum Gasteiger partial charge on any atom is 0.239 e. The zero-order valence-corrected chi connectivity index (χ0v) is 27.2. The monoisotopic (exact) mass is 662 g/mol. The Morgan fingerprint density at radius 1 is 0.500 bits per heavy atom. The third-order valence-corrected chi connectivity index (χ3v) is 8.06. The van der Waals surface area contributed by atoms with E-state index in [0.29, 0.717) is 29.4 Å². The first-order chi connectivity index (χ1) is 24.6. The number of ether oxygens (including phenoxy) is 4. The third kappa shape index (κ3) is 7.63. The SMILES string of the molecule is O=c1c(OCc2ccccc2)c(-c2ccc(OCc3ccccc3)c(O)c2)oc2cc(OCc3ccccc3)cc(OCc3ccccc3)c12. The van der Waals surface area contributed by atoms with E-state index < -0.39 is 5.43 Å². The van der Waals surface area contributed by atoms with E-state index in [9.17, 15) is 9.90 Å². The number of aromatic hydroxyl groups is 1. The van der Waals surface area contributed by atoms with Crippen molar-refractivity contribution in [3.8, 4) is 40.1 Å². The highest BCUT2D eigenvalue weighted by Gasteiger charge is 2.23.